The van der Waals surface area contributed by atoms with E-state index >= 15 is 0 Å². The van der Waals surface area contributed by atoms with Gasteiger partial charge in [0.1, 0.15) is 0 Å². The maximum Gasteiger partial charge on any atom is 0.251 e. The molecule has 1 rings (SSSR count). The summed E-state index contributed by atoms with van der Waals surface area (Å²) in [6, 6.07) is 5.22. The lowest BCUT2D eigenvalue weighted by Crippen LogP contribution is -2.39. The smallest absolute Gasteiger partial charge is 0.251 e. The van der Waals surface area contributed by atoms with E-state index in [2.05, 4.69) is 40.0 Å². The molecule has 3 N–H and O–H groups in total. The second kappa shape index (κ2) is 6.39. The molecule has 0 bridgehead atoms. The van der Waals surface area contributed by atoms with E-state index in [9.17, 15) is 4.79 Å². The molecule has 4 nitrogen and oxygen atoms in total. The molecule has 1 aromatic carbocycles. The quantitative estimate of drug-likeness (QED) is 0.816. The zero-order valence-corrected chi connectivity index (χ0v) is 13.5. The second-order valence-electron chi connectivity index (χ2n) is 5.82. The van der Waals surface area contributed by atoms with Crippen molar-refractivity contribution in [3.8, 4) is 0 Å². The van der Waals surface area contributed by atoms with Gasteiger partial charge in [0.2, 0.25) is 0 Å². The Morgan fingerprint density at radius 3 is 2.58 bits per heavy atom. The van der Waals surface area contributed by atoms with Gasteiger partial charge in [-0.15, -0.1) is 0 Å². The number of nitrogens with zero attached hydrogens (tertiary/aromatic N) is 1. The van der Waals surface area contributed by atoms with E-state index in [1.54, 1.807) is 18.2 Å². The summed E-state index contributed by atoms with van der Waals surface area (Å²) in [6.07, 6.45) is 0. The van der Waals surface area contributed by atoms with Crippen molar-refractivity contribution in [3.05, 3.63) is 28.2 Å². The summed E-state index contributed by atoms with van der Waals surface area (Å²) in [5.41, 5.74) is 6.95. The van der Waals surface area contributed by atoms with E-state index < -0.39 is 0 Å². The minimum absolute atomic E-state index is 0.0278. The van der Waals surface area contributed by atoms with Crippen molar-refractivity contribution in [1.29, 1.82) is 0 Å². The highest BCUT2D eigenvalue weighted by molar-refractivity contribution is 9.10. The van der Waals surface area contributed by atoms with E-state index in [1.165, 1.54) is 0 Å². The second-order valence-corrected chi connectivity index (χ2v) is 6.68. The molecule has 5 heteroatoms. The highest BCUT2D eigenvalue weighted by Gasteiger charge is 2.20. The molecule has 1 aromatic rings. The molecule has 0 aromatic heterocycles. The number of hydrogen-bond acceptors (Lipinski definition) is 3. The van der Waals surface area contributed by atoms with Crippen LogP contribution in [-0.2, 0) is 0 Å². The summed E-state index contributed by atoms with van der Waals surface area (Å²) in [5, 5.41) is 2.95. The molecule has 0 unspecified atom stereocenters. The first kappa shape index (κ1) is 16.0. The van der Waals surface area contributed by atoms with Gasteiger partial charge >= 0.3 is 0 Å². The van der Waals surface area contributed by atoms with Crippen molar-refractivity contribution in [2.75, 3.05) is 32.9 Å². The number of hydrogen-bond donors (Lipinski definition) is 2. The molecule has 0 spiro atoms. The lowest BCUT2D eigenvalue weighted by atomic mass is 9.93. The van der Waals surface area contributed by atoms with Crippen LogP contribution in [0, 0.1) is 5.41 Å². The average Bonchev–Trinajstić information content (AvgIpc) is 2.28. The first-order chi connectivity index (χ1) is 8.71. The molecule has 19 heavy (non-hydrogen) atoms. The van der Waals surface area contributed by atoms with Crippen LogP contribution in [-0.4, -0.2) is 38.0 Å². The van der Waals surface area contributed by atoms with Gasteiger partial charge in [-0.05, 0) is 53.6 Å². The van der Waals surface area contributed by atoms with Gasteiger partial charge in [0.15, 0.2) is 0 Å². The number of amides is 1. The Kier molecular flexibility index (Phi) is 5.38. The van der Waals surface area contributed by atoms with Gasteiger partial charge in [-0.3, -0.25) is 4.79 Å². The molecule has 1 amide bonds. The van der Waals surface area contributed by atoms with Crippen molar-refractivity contribution in [3.63, 3.8) is 0 Å². The molecule has 106 valence electrons. The predicted octanol–water partition coefficient (Wildman–Crippen LogP) is 2.35. The van der Waals surface area contributed by atoms with E-state index in [-0.39, 0.29) is 11.3 Å². The van der Waals surface area contributed by atoms with Crippen LogP contribution in [0.15, 0.2) is 22.7 Å². The molecule has 0 heterocycles. The minimum atomic E-state index is -0.0916. The number of carbonyl (C=O) groups is 1. The summed E-state index contributed by atoms with van der Waals surface area (Å²) in [5.74, 6) is -0.0916. The molecule has 0 aliphatic rings. The molecule has 0 radical (unpaired) electrons. The number of nitrogens with one attached hydrogen (secondary N) is 1. The molecule has 0 saturated carbocycles. The van der Waals surface area contributed by atoms with Crippen LogP contribution in [0.2, 0.25) is 0 Å². The molecule has 0 atom stereocenters. The van der Waals surface area contributed by atoms with Crippen molar-refractivity contribution < 1.29 is 4.79 Å². The first-order valence-corrected chi connectivity index (χ1v) is 6.98. The fourth-order valence-electron chi connectivity index (χ4n) is 2.02. The Bertz CT molecular complexity index is 458. The van der Waals surface area contributed by atoms with E-state index in [0.29, 0.717) is 17.8 Å². The number of benzene rings is 1. The summed E-state index contributed by atoms with van der Waals surface area (Å²) in [7, 11) is 4.05. The van der Waals surface area contributed by atoms with Crippen molar-refractivity contribution in [1.82, 2.24) is 10.2 Å². The lowest BCUT2D eigenvalue weighted by Gasteiger charge is -2.28. The number of anilines is 1. The van der Waals surface area contributed by atoms with Crippen LogP contribution < -0.4 is 11.1 Å². The first-order valence-electron chi connectivity index (χ1n) is 6.19. The number of nitrogen functional groups attached to an aromatic ring is 1. The minimum Gasteiger partial charge on any atom is -0.398 e. The monoisotopic (exact) mass is 327 g/mol. The van der Waals surface area contributed by atoms with Crippen LogP contribution in [0.3, 0.4) is 0 Å². The third-order valence-corrected chi connectivity index (χ3v) is 3.45. The summed E-state index contributed by atoms with van der Waals surface area (Å²) < 4.78 is 0.803. The molecule has 0 aliphatic heterocycles. The van der Waals surface area contributed by atoms with Crippen LogP contribution in [0.5, 0.6) is 0 Å². The summed E-state index contributed by atoms with van der Waals surface area (Å²) >= 11 is 3.31. The third-order valence-electron chi connectivity index (χ3n) is 2.73. The van der Waals surface area contributed by atoms with Crippen LogP contribution in [0.1, 0.15) is 24.2 Å². The number of rotatable bonds is 5. The molecular weight excluding hydrogens is 306 g/mol. The summed E-state index contributed by atoms with van der Waals surface area (Å²) in [4.78, 5) is 14.2. The normalized spacial score (nSPS) is 11.7. The fraction of sp³-hybridized carbons (Fsp3) is 0.500. The average molecular weight is 328 g/mol. The van der Waals surface area contributed by atoms with Crippen molar-refractivity contribution in [2.24, 2.45) is 5.41 Å². The van der Waals surface area contributed by atoms with Gasteiger partial charge in [0, 0.05) is 28.8 Å². The van der Waals surface area contributed by atoms with Crippen molar-refractivity contribution >= 4 is 27.5 Å². The Morgan fingerprint density at radius 1 is 1.42 bits per heavy atom. The highest BCUT2D eigenvalue weighted by atomic mass is 79.9. The zero-order chi connectivity index (χ0) is 14.6. The third kappa shape index (κ3) is 5.20. The predicted molar refractivity (Wildman–Crippen MR) is 83.2 cm³/mol. The maximum absolute atomic E-state index is 12.0. The molecule has 0 fully saturated rings. The van der Waals surface area contributed by atoms with Gasteiger partial charge in [-0.25, -0.2) is 0 Å². The lowest BCUT2D eigenvalue weighted by molar-refractivity contribution is 0.0929. The topological polar surface area (TPSA) is 58.4 Å². The van der Waals surface area contributed by atoms with Gasteiger partial charge in [-0.1, -0.05) is 13.8 Å². The number of halogens is 1. The Hall–Kier alpha value is -1.07. The number of nitrogens with two attached hydrogens (primary N) is 1. The standard InChI is InChI=1S/C14H22BrN3O/c1-14(2,9-18(3)4)8-17-13(19)10-5-6-11(15)12(16)7-10/h5-7H,8-9,16H2,1-4H3,(H,17,19). The summed E-state index contributed by atoms with van der Waals surface area (Å²) in [6.45, 7) is 5.79. The SMILES string of the molecule is CN(C)CC(C)(C)CNC(=O)c1ccc(Br)c(N)c1. The van der Waals surface area contributed by atoms with Gasteiger partial charge in [0.05, 0.1) is 0 Å². The molecule has 0 aliphatic carbocycles. The molecular formula is C14H22BrN3O. The highest BCUT2D eigenvalue weighted by Crippen LogP contribution is 2.20. The van der Waals surface area contributed by atoms with Gasteiger partial charge < -0.3 is 16.0 Å². The number of carbonyl (C=O) groups excluding carboxylic acids is 1. The zero-order valence-electron chi connectivity index (χ0n) is 12.0. The Morgan fingerprint density at radius 2 is 2.05 bits per heavy atom. The Balaban J connectivity index is 2.62. The van der Waals surface area contributed by atoms with Gasteiger partial charge in [0.25, 0.3) is 5.91 Å². The van der Waals surface area contributed by atoms with Crippen LogP contribution in [0.4, 0.5) is 5.69 Å². The van der Waals surface area contributed by atoms with E-state index in [4.69, 9.17) is 5.73 Å². The molecule has 0 saturated heterocycles. The maximum atomic E-state index is 12.0. The van der Waals surface area contributed by atoms with Gasteiger partial charge in [-0.2, -0.15) is 0 Å². The van der Waals surface area contributed by atoms with E-state index in [0.717, 1.165) is 11.0 Å². The van der Waals surface area contributed by atoms with Crippen LogP contribution in [0.25, 0.3) is 0 Å². The van der Waals surface area contributed by atoms with Crippen molar-refractivity contribution in [2.45, 2.75) is 13.8 Å². The Labute approximate surface area is 123 Å². The largest absolute Gasteiger partial charge is 0.398 e. The fourth-order valence-corrected chi connectivity index (χ4v) is 2.27. The van der Waals surface area contributed by atoms with E-state index in [1.807, 2.05) is 14.1 Å². The van der Waals surface area contributed by atoms with Crippen LogP contribution >= 0.6 is 15.9 Å².